The van der Waals surface area contributed by atoms with Gasteiger partial charge in [-0.1, -0.05) is 12.1 Å². The Morgan fingerprint density at radius 1 is 1.03 bits per heavy atom. The molecular formula is C21H14F3N5O5S. The number of halogens is 3. The van der Waals surface area contributed by atoms with Crippen LogP contribution in [0.3, 0.4) is 0 Å². The van der Waals surface area contributed by atoms with Crippen molar-refractivity contribution >= 4 is 51.2 Å². The Bertz CT molecular complexity index is 1430. The zero-order valence-electron chi connectivity index (χ0n) is 17.6. The van der Waals surface area contributed by atoms with Gasteiger partial charge in [0, 0.05) is 5.38 Å². The van der Waals surface area contributed by atoms with Crippen LogP contribution >= 0.6 is 11.3 Å². The molecule has 14 heteroatoms. The first-order valence-corrected chi connectivity index (χ1v) is 10.5. The predicted octanol–water partition coefficient (Wildman–Crippen LogP) is 4.21. The van der Waals surface area contributed by atoms with Crippen LogP contribution in [0.15, 0.2) is 47.8 Å². The fourth-order valence-electron chi connectivity index (χ4n) is 2.95. The van der Waals surface area contributed by atoms with Gasteiger partial charge in [-0.2, -0.15) is 0 Å². The van der Waals surface area contributed by atoms with Gasteiger partial charge in [-0.05, 0) is 30.3 Å². The topological polar surface area (TPSA) is 135 Å². The summed E-state index contributed by atoms with van der Waals surface area (Å²) in [6.07, 6.45) is -4.97. The van der Waals surface area contributed by atoms with Crippen molar-refractivity contribution in [2.45, 2.75) is 6.36 Å². The molecule has 3 N–H and O–H groups in total. The zero-order chi connectivity index (χ0) is 25.2. The number of anilines is 2. The van der Waals surface area contributed by atoms with Crippen molar-refractivity contribution in [3.63, 3.8) is 0 Å². The maximum absolute atomic E-state index is 12.6. The number of ether oxygens (including phenoxy) is 2. The number of hydrogen-bond acceptors (Lipinski definition) is 8. The Kier molecular flexibility index (Phi) is 6.38. The lowest BCUT2D eigenvalue weighted by molar-refractivity contribution is -0.274. The normalized spacial score (nSPS) is 11.2. The standard InChI is InChI=1S/C21H14F3N5O5S/c1-33-18(32)10-6-7-12-13(8-10)26-19(25-12)28-17(31)14-9-35-20(27-14)29-16(30)11-4-2-3-5-15(11)34-21(22,23)24/h2-9H,1H3,(H,27,29,30)(H2,25,26,28,31). The van der Waals surface area contributed by atoms with Gasteiger partial charge in [-0.25, -0.2) is 14.8 Å². The van der Waals surface area contributed by atoms with E-state index >= 15 is 0 Å². The first-order chi connectivity index (χ1) is 16.6. The summed E-state index contributed by atoms with van der Waals surface area (Å²) in [5.41, 5.74) is 0.831. The van der Waals surface area contributed by atoms with Crippen LogP contribution in [0.2, 0.25) is 0 Å². The second-order valence-corrected chi connectivity index (χ2v) is 7.66. The Morgan fingerprint density at radius 3 is 2.54 bits per heavy atom. The minimum Gasteiger partial charge on any atom is -0.465 e. The van der Waals surface area contributed by atoms with E-state index in [0.717, 1.165) is 23.5 Å². The van der Waals surface area contributed by atoms with Crippen molar-refractivity contribution in [1.29, 1.82) is 0 Å². The van der Waals surface area contributed by atoms with E-state index in [0.29, 0.717) is 16.6 Å². The van der Waals surface area contributed by atoms with E-state index in [1.54, 1.807) is 6.07 Å². The molecule has 0 unspecified atom stereocenters. The zero-order valence-corrected chi connectivity index (χ0v) is 18.4. The number of benzene rings is 2. The molecule has 0 atom stereocenters. The van der Waals surface area contributed by atoms with E-state index in [1.165, 1.54) is 36.8 Å². The lowest BCUT2D eigenvalue weighted by Crippen LogP contribution is -2.21. The fraction of sp³-hybridized carbons (Fsp3) is 0.0952. The van der Waals surface area contributed by atoms with Gasteiger partial charge in [0.25, 0.3) is 11.8 Å². The van der Waals surface area contributed by atoms with Crippen molar-refractivity contribution in [1.82, 2.24) is 15.0 Å². The van der Waals surface area contributed by atoms with Gasteiger partial charge in [-0.3, -0.25) is 20.2 Å². The van der Waals surface area contributed by atoms with Gasteiger partial charge >= 0.3 is 12.3 Å². The number of aromatic amines is 1. The highest BCUT2D eigenvalue weighted by atomic mass is 32.1. The maximum atomic E-state index is 12.6. The summed E-state index contributed by atoms with van der Waals surface area (Å²) in [5, 5.41) is 6.18. The highest BCUT2D eigenvalue weighted by Crippen LogP contribution is 2.27. The molecule has 0 fully saturated rings. The highest BCUT2D eigenvalue weighted by molar-refractivity contribution is 7.14. The summed E-state index contributed by atoms with van der Waals surface area (Å²) in [6, 6.07) is 9.44. The van der Waals surface area contributed by atoms with Crippen molar-refractivity contribution < 1.29 is 37.0 Å². The number of alkyl halides is 3. The van der Waals surface area contributed by atoms with Crippen molar-refractivity contribution in [2.75, 3.05) is 17.7 Å². The van der Waals surface area contributed by atoms with Crippen molar-refractivity contribution in [3.05, 3.63) is 64.7 Å². The van der Waals surface area contributed by atoms with Crippen LogP contribution in [0.1, 0.15) is 31.2 Å². The third kappa shape index (κ3) is 5.55. The minimum atomic E-state index is -4.97. The van der Waals surface area contributed by atoms with Gasteiger partial charge in [0.1, 0.15) is 11.4 Å². The average Bonchev–Trinajstić information content (AvgIpc) is 3.43. The number of amides is 2. The third-order valence-corrected chi connectivity index (χ3v) is 5.21. The smallest absolute Gasteiger partial charge is 0.465 e. The molecule has 0 aliphatic rings. The van der Waals surface area contributed by atoms with Gasteiger partial charge in [0.05, 0.1) is 29.3 Å². The SMILES string of the molecule is COC(=O)c1ccc2nc(NC(=O)c3csc(NC(=O)c4ccccc4OC(F)(F)F)n3)[nH]c2c1. The second-order valence-electron chi connectivity index (χ2n) is 6.80. The van der Waals surface area contributed by atoms with Crippen LogP contribution in [0, 0.1) is 0 Å². The monoisotopic (exact) mass is 505 g/mol. The van der Waals surface area contributed by atoms with Crippen LogP contribution in [-0.4, -0.2) is 46.2 Å². The lowest BCUT2D eigenvalue weighted by Gasteiger charge is -2.12. The van der Waals surface area contributed by atoms with Crippen LogP contribution in [0.4, 0.5) is 24.3 Å². The third-order valence-electron chi connectivity index (χ3n) is 4.45. The number of methoxy groups -OCH3 is 1. The molecule has 0 bridgehead atoms. The van der Waals surface area contributed by atoms with E-state index in [-0.39, 0.29) is 22.3 Å². The minimum absolute atomic E-state index is 0.0192. The Hall–Kier alpha value is -4.46. The van der Waals surface area contributed by atoms with E-state index in [9.17, 15) is 27.6 Å². The number of fused-ring (bicyclic) bond motifs is 1. The largest absolute Gasteiger partial charge is 0.573 e. The molecule has 2 amide bonds. The average molecular weight is 505 g/mol. The van der Waals surface area contributed by atoms with Crippen LogP contribution in [-0.2, 0) is 4.74 Å². The number of para-hydroxylation sites is 1. The number of carbonyl (C=O) groups excluding carboxylic acids is 3. The number of nitrogens with zero attached hydrogens (tertiary/aromatic N) is 2. The number of esters is 1. The highest BCUT2D eigenvalue weighted by Gasteiger charge is 2.33. The van der Waals surface area contributed by atoms with Gasteiger partial charge in [0.2, 0.25) is 5.95 Å². The van der Waals surface area contributed by atoms with Crippen molar-refractivity contribution in [3.8, 4) is 5.75 Å². The fourth-order valence-corrected chi connectivity index (χ4v) is 3.64. The van der Waals surface area contributed by atoms with Gasteiger partial charge < -0.3 is 14.5 Å². The molecule has 4 rings (SSSR count). The molecule has 0 radical (unpaired) electrons. The number of carbonyl (C=O) groups is 3. The number of nitrogens with one attached hydrogen (secondary N) is 3. The molecule has 180 valence electrons. The summed E-state index contributed by atoms with van der Waals surface area (Å²) in [4.78, 5) is 47.7. The molecule has 0 spiro atoms. The lowest BCUT2D eigenvalue weighted by atomic mass is 10.2. The number of rotatable bonds is 6. The number of aromatic nitrogens is 3. The maximum Gasteiger partial charge on any atom is 0.573 e. The van der Waals surface area contributed by atoms with Crippen LogP contribution in [0.25, 0.3) is 11.0 Å². The molecule has 0 aliphatic carbocycles. The van der Waals surface area contributed by atoms with E-state index < -0.39 is 29.9 Å². The second kappa shape index (κ2) is 9.42. The molecule has 10 nitrogen and oxygen atoms in total. The Morgan fingerprint density at radius 2 is 1.80 bits per heavy atom. The molecule has 2 aromatic carbocycles. The summed E-state index contributed by atoms with van der Waals surface area (Å²) in [5.74, 6) is -2.67. The van der Waals surface area contributed by atoms with Gasteiger partial charge in [-0.15, -0.1) is 24.5 Å². The number of hydrogen-bond donors (Lipinski definition) is 3. The molecule has 0 aliphatic heterocycles. The summed E-state index contributed by atoms with van der Waals surface area (Å²) >= 11 is 0.894. The Labute approximate surface area is 198 Å². The van der Waals surface area contributed by atoms with E-state index in [2.05, 4.69) is 35.1 Å². The summed E-state index contributed by atoms with van der Waals surface area (Å²) in [6.45, 7) is 0. The quantitative estimate of drug-likeness (QED) is 0.334. The number of H-pyrrole nitrogens is 1. The molecule has 35 heavy (non-hydrogen) atoms. The predicted molar refractivity (Wildman–Crippen MR) is 119 cm³/mol. The van der Waals surface area contributed by atoms with Crippen LogP contribution in [0.5, 0.6) is 5.75 Å². The first-order valence-electron chi connectivity index (χ1n) is 9.64. The molecule has 2 heterocycles. The molecule has 2 aromatic heterocycles. The summed E-state index contributed by atoms with van der Waals surface area (Å²) in [7, 11) is 1.25. The Balaban J connectivity index is 1.45. The number of thiazole rings is 1. The molecule has 0 saturated heterocycles. The molecule has 0 saturated carbocycles. The summed E-state index contributed by atoms with van der Waals surface area (Å²) < 4.78 is 46.3. The van der Waals surface area contributed by atoms with E-state index in [4.69, 9.17) is 0 Å². The van der Waals surface area contributed by atoms with Crippen molar-refractivity contribution in [2.24, 2.45) is 0 Å². The number of imidazole rings is 1. The molecular weight excluding hydrogens is 491 g/mol. The van der Waals surface area contributed by atoms with Crippen LogP contribution < -0.4 is 15.4 Å². The van der Waals surface area contributed by atoms with E-state index in [1.807, 2.05) is 0 Å². The molecule has 4 aromatic rings. The first kappa shape index (κ1) is 23.7. The van der Waals surface area contributed by atoms with Gasteiger partial charge in [0.15, 0.2) is 5.13 Å².